The number of fused-ring (bicyclic) bond motifs is 1. The third-order valence-electron chi connectivity index (χ3n) is 3.74. The minimum absolute atomic E-state index is 0. The quantitative estimate of drug-likeness (QED) is 0.840. The van der Waals surface area contributed by atoms with Gasteiger partial charge >= 0.3 is 5.69 Å². The van der Waals surface area contributed by atoms with Crippen LogP contribution in [0.2, 0.25) is 0 Å². The molecule has 22 heavy (non-hydrogen) atoms. The van der Waals surface area contributed by atoms with Crippen LogP contribution < -0.4 is 16.3 Å². The standard InChI is InChI=1S/C14H19N5O2.ClH/c20-13(16-11-4-7-15-8-5-11)6-10-19-14(21)18-9-2-1-3-12(18)17-19;/h1-3,9,11,15H,4-8,10H2,(H,16,20);1H. The van der Waals surface area contributed by atoms with Crippen LogP contribution in [0.3, 0.4) is 0 Å². The number of carbonyl (C=O) groups excluding carboxylic acids is 1. The first-order valence-corrected chi connectivity index (χ1v) is 7.28. The number of hydrogen-bond donors (Lipinski definition) is 2. The Morgan fingerprint density at radius 3 is 2.86 bits per heavy atom. The minimum Gasteiger partial charge on any atom is -0.353 e. The molecule has 3 rings (SSSR count). The Bertz CT molecular complexity index is 690. The molecule has 0 atom stereocenters. The number of nitrogens with one attached hydrogen (secondary N) is 2. The van der Waals surface area contributed by atoms with Gasteiger partial charge in [-0.2, -0.15) is 0 Å². The molecule has 0 spiro atoms. The summed E-state index contributed by atoms with van der Waals surface area (Å²) in [5.74, 6) is -0.0224. The van der Waals surface area contributed by atoms with Gasteiger partial charge in [-0.25, -0.2) is 9.48 Å². The van der Waals surface area contributed by atoms with Crippen LogP contribution in [0.15, 0.2) is 29.2 Å². The third kappa shape index (κ3) is 3.66. The van der Waals surface area contributed by atoms with Crippen LogP contribution in [-0.4, -0.2) is 39.2 Å². The number of piperidine rings is 1. The van der Waals surface area contributed by atoms with Crippen LogP contribution in [0.4, 0.5) is 0 Å². The van der Waals surface area contributed by atoms with Crippen molar-refractivity contribution in [3.8, 4) is 0 Å². The molecule has 0 bridgehead atoms. The summed E-state index contributed by atoms with van der Waals surface area (Å²) < 4.78 is 2.82. The molecule has 8 heteroatoms. The summed E-state index contributed by atoms with van der Waals surface area (Å²) in [5.41, 5.74) is 0.390. The molecule has 1 aliphatic heterocycles. The fourth-order valence-electron chi connectivity index (χ4n) is 2.59. The predicted molar refractivity (Wildman–Crippen MR) is 85.4 cm³/mol. The Morgan fingerprint density at radius 2 is 2.14 bits per heavy atom. The molecule has 1 amide bonds. The highest BCUT2D eigenvalue weighted by Crippen LogP contribution is 2.02. The van der Waals surface area contributed by atoms with E-state index in [0.717, 1.165) is 25.9 Å². The largest absolute Gasteiger partial charge is 0.353 e. The molecule has 2 aromatic rings. The Labute approximate surface area is 134 Å². The maximum absolute atomic E-state index is 12.1. The van der Waals surface area contributed by atoms with Crippen molar-refractivity contribution in [1.82, 2.24) is 24.8 Å². The zero-order valence-electron chi connectivity index (χ0n) is 12.2. The molecule has 0 unspecified atom stereocenters. The normalized spacial score (nSPS) is 15.5. The minimum atomic E-state index is -0.208. The van der Waals surface area contributed by atoms with Crippen molar-refractivity contribution in [3.63, 3.8) is 0 Å². The lowest BCUT2D eigenvalue weighted by molar-refractivity contribution is -0.122. The topological polar surface area (TPSA) is 80.4 Å². The Hall–Kier alpha value is -1.86. The van der Waals surface area contributed by atoms with Gasteiger partial charge in [-0.1, -0.05) is 6.07 Å². The fourth-order valence-corrected chi connectivity index (χ4v) is 2.59. The van der Waals surface area contributed by atoms with Gasteiger partial charge in [0.1, 0.15) is 0 Å². The molecule has 0 saturated carbocycles. The Balaban J connectivity index is 0.00000176. The lowest BCUT2D eigenvalue weighted by atomic mass is 10.1. The Morgan fingerprint density at radius 1 is 1.36 bits per heavy atom. The van der Waals surface area contributed by atoms with Crippen molar-refractivity contribution in [3.05, 3.63) is 34.9 Å². The van der Waals surface area contributed by atoms with Crippen molar-refractivity contribution in [1.29, 1.82) is 0 Å². The van der Waals surface area contributed by atoms with Crippen LogP contribution in [0.1, 0.15) is 19.3 Å². The van der Waals surface area contributed by atoms with Crippen LogP contribution >= 0.6 is 12.4 Å². The first-order valence-electron chi connectivity index (χ1n) is 7.28. The number of aromatic nitrogens is 3. The SMILES string of the molecule is Cl.O=C(CCn1nc2ccccn2c1=O)NC1CCNCC1. The summed E-state index contributed by atoms with van der Waals surface area (Å²) >= 11 is 0. The third-order valence-corrected chi connectivity index (χ3v) is 3.74. The number of halogens is 1. The Kier molecular flexibility index (Phi) is 5.57. The van der Waals surface area contributed by atoms with E-state index >= 15 is 0 Å². The van der Waals surface area contributed by atoms with E-state index in [0.29, 0.717) is 12.2 Å². The lowest BCUT2D eigenvalue weighted by Gasteiger charge is -2.23. The van der Waals surface area contributed by atoms with Gasteiger partial charge in [0.25, 0.3) is 0 Å². The zero-order valence-corrected chi connectivity index (χ0v) is 13.0. The van der Waals surface area contributed by atoms with Gasteiger partial charge < -0.3 is 10.6 Å². The highest BCUT2D eigenvalue weighted by molar-refractivity contribution is 5.85. The molecule has 0 aliphatic carbocycles. The summed E-state index contributed by atoms with van der Waals surface area (Å²) in [6, 6.07) is 5.63. The van der Waals surface area contributed by atoms with E-state index in [1.165, 1.54) is 9.08 Å². The van der Waals surface area contributed by atoms with E-state index in [-0.39, 0.29) is 36.5 Å². The number of carbonyl (C=O) groups is 1. The van der Waals surface area contributed by atoms with Crippen LogP contribution in [-0.2, 0) is 11.3 Å². The summed E-state index contributed by atoms with van der Waals surface area (Å²) in [7, 11) is 0. The molecule has 2 aromatic heterocycles. The summed E-state index contributed by atoms with van der Waals surface area (Å²) in [6.45, 7) is 2.19. The molecule has 3 heterocycles. The van der Waals surface area contributed by atoms with Crippen molar-refractivity contribution in [2.45, 2.75) is 31.8 Å². The lowest BCUT2D eigenvalue weighted by Crippen LogP contribution is -2.43. The predicted octanol–water partition coefficient (Wildman–Crippen LogP) is 0.176. The van der Waals surface area contributed by atoms with Gasteiger partial charge in [0.15, 0.2) is 5.65 Å². The van der Waals surface area contributed by atoms with Crippen molar-refractivity contribution < 1.29 is 4.79 Å². The van der Waals surface area contributed by atoms with Gasteiger partial charge in [0.2, 0.25) is 5.91 Å². The molecular formula is C14H20ClN5O2. The number of hydrogen-bond acceptors (Lipinski definition) is 4. The highest BCUT2D eigenvalue weighted by Gasteiger charge is 2.15. The van der Waals surface area contributed by atoms with E-state index in [1.807, 2.05) is 6.07 Å². The van der Waals surface area contributed by atoms with E-state index < -0.39 is 0 Å². The monoisotopic (exact) mass is 325 g/mol. The van der Waals surface area contributed by atoms with Gasteiger partial charge in [-0.15, -0.1) is 17.5 Å². The van der Waals surface area contributed by atoms with Crippen LogP contribution in [0.25, 0.3) is 5.65 Å². The van der Waals surface area contributed by atoms with Gasteiger partial charge in [-0.3, -0.25) is 9.20 Å². The summed E-state index contributed by atoms with van der Waals surface area (Å²) in [5, 5.41) is 10.5. The number of rotatable bonds is 4. The second-order valence-electron chi connectivity index (χ2n) is 5.28. The first-order chi connectivity index (χ1) is 10.2. The average Bonchev–Trinajstić information content (AvgIpc) is 2.83. The van der Waals surface area contributed by atoms with E-state index in [9.17, 15) is 9.59 Å². The molecular weight excluding hydrogens is 306 g/mol. The molecule has 1 saturated heterocycles. The van der Waals surface area contributed by atoms with Gasteiger partial charge in [-0.05, 0) is 38.1 Å². The molecule has 1 fully saturated rings. The zero-order chi connectivity index (χ0) is 14.7. The summed E-state index contributed by atoms with van der Waals surface area (Å²) in [4.78, 5) is 24.0. The summed E-state index contributed by atoms with van der Waals surface area (Å²) in [6.07, 6.45) is 3.87. The average molecular weight is 326 g/mol. The van der Waals surface area contributed by atoms with E-state index in [2.05, 4.69) is 15.7 Å². The molecule has 2 N–H and O–H groups in total. The van der Waals surface area contributed by atoms with Crippen molar-refractivity contribution in [2.75, 3.05) is 13.1 Å². The number of nitrogens with zero attached hydrogens (tertiary/aromatic N) is 3. The molecule has 7 nitrogen and oxygen atoms in total. The van der Waals surface area contributed by atoms with E-state index in [1.54, 1.807) is 18.3 Å². The van der Waals surface area contributed by atoms with Crippen LogP contribution in [0.5, 0.6) is 0 Å². The van der Waals surface area contributed by atoms with Crippen molar-refractivity contribution in [2.24, 2.45) is 0 Å². The highest BCUT2D eigenvalue weighted by atomic mass is 35.5. The maximum atomic E-state index is 12.1. The van der Waals surface area contributed by atoms with Crippen molar-refractivity contribution >= 4 is 24.0 Å². The first kappa shape index (κ1) is 16.5. The molecule has 0 radical (unpaired) electrons. The number of amides is 1. The van der Waals surface area contributed by atoms with E-state index in [4.69, 9.17) is 0 Å². The number of aryl methyl sites for hydroxylation is 1. The smallest absolute Gasteiger partial charge is 0.350 e. The second kappa shape index (κ2) is 7.42. The van der Waals surface area contributed by atoms with Gasteiger partial charge in [0.05, 0.1) is 6.54 Å². The molecule has 1 aliphatic rings. The number of pyridine rings is 1. The fraction of sp³-hybridized carbons (Fsp3) is 0.500. The molecule has 120 valence electrons. The van der Waals surface area contributed by atoms with Crippen LogP contribution in [0, 0.1) is 0 Å². The maximum Gasteiger partial charge on any atom is 0.350 e. The second-order valence-corrected chi connectivity index (χ2v) is 5.28. The van der Waals surface area contributed by atoms with Gasteiger partial charge in [0, 0.05) is 18.7 Å². The molecule has 0 aromatic carbocycles.